The number of carbonyl (C=O) groups is 1. The molecule has 2 aromatic rings. The molecule has 1 aliphatic rings. The summed E-state index contributed by atoms with van der Waals surface area (Å²) in [5.41, 5.74) is 1.07. The zero-order valence-electron chi connectivity index (χ0n) is 13.0. The van der Waals surface area contributed by atoms with E-state index in [1.807, 2.05) is 18.2 Å². The van der Waals surface area contributed by atoms with E-state index in [0.717, 1.165) is 31.2 Å². The van der Waals surface area contributed by atoms with Gasteiger partial charge >= 0.3 is 0 Å². The minimum atomic E-state index is 0.0649. The van der Waals surface area contributed by atoms with Crippen molar-refractivity contribution < 1.29 is 4.79 Å². The van der Waals surface area contributed by atoms with Gasteiger partial charge in [0.25, 0.3) is 0 Å². The van der Waals surface area contributed by atoms with Gasteiger partial charge in [-0.15, -0.1) is 10.2 Å². The smallest absolute Gasteiger partial charge is 0.228 e. The van der Waals surface area contributed by atoms with Crippen LogP contribution in [0.4, 0.5) is 11.6 Å². The SMILES string of the molecule is O=C(Nc1ccc(NCc2cccnc2)nn1)C1CCCCC1. The van der Waals surface area contributed by atoms with Gasteiger partial charge in [-0.25, -0.2) is 0 Å². The standard InChI is InChI=1S/C17H21N5O/c23-17(14-6-2-1-3-7-14)20-16-9-8-15(21-22-16)19-12-13-5-4-10-18-11-13/h4-5,8-11,14H,1-3,6-7,12H2,(H,19,21)(H,20,22,23). The molecule has 0 aromatic carbocycles. The molecule has 0 radical (unpaired) electrons. The van der Waals surface area contributed by atoms with Crippen LogP contribution in [0, 0.1) is 5.92 Å². The van der Waals surface area contributed by atoms with Gasteiger partial charge in [0, 0.05) is 24.9 Å². The third-order valence-corrected chi connectivity index (χ3v) is 4.09. The highest BCUT2D eigenvalue weighted by atomic mass is 16.1. The first kappa shape index (κ1) is 15.4. The molecule has 2 N–H and O–H groups in total. The molecule has 0 bridgehead atoms. The van der Waals surface area contributed by atoms with E-state index < -0.39 is 0 Å². The summed E-state index contributed by atoms with van der Waals surface area (Å²) in [4.78, 5) is 16.2. The van der Waals surface area contributed by atoms with E-state index in [4.69, 9.17) is 0 Å². The Hall–Kier alpha value is -2.50. The van der Waals surface area contributed by atoms with E-state index >= 15 is 0 Å². The van der Waals surface area contributed by atoms with Crippen molar-refractivity contribution in [1.29, 1.82) is 0 Å². The Labute approximate surface area is 135 Å². The number of carbonyl (C=O) groups excluding carboxylic acids is 1. The molecule has 1 fully saturated rings. The van der Waals surface area contributed by atoms with Crippen molar-refractivity contribution in [3.63, 3.8) is 0 Å². The zero-order chi connectivity index (χ0) is 15.9. The molecule has 6 heteroatoms. The zero-order valence-corrected chi connectivity index (χ0v) is 13.0. The van der Waals surface area contributed by atoms with Crippen molar-refractivity contribution in [3.05, 3.63) is 42.2 Å². The predicted octanol–water partition coefficient (Wildman–Crippen LogP) is 3.00. The number of rotatable bonds is 5. The number of amides is 1. The summed E-state index contributed by atoms with van der Waals surface area (Å²) in [6, 6.07) is 7.48. The fourth-order valence-corrected chi connectivity index (χ4v) is 2.78. The Bertz CT molecular complexity index is 623. The van der Waals surface area contributed by atoms with Gasteiger partial charge in [0.05, 0.1) is 0 Å². The van der Waals surface area contributed by atoms with Crippen LogP contribution in [0.1, 0.15) is 37.7 Å². The van der Waals surface area contributed by atoms with Crippen LogP contribution in [0.3, 0.4) is 0 Å². The Morgan fingerprint density at radius 3 is 2.57 bits per heavy atom. The molecule has 1 amide bonds. The summed E-state index contributed by atoms with van der Waals surface area (Å²) in [6.45, 7) is 0.635. The second-order valence-corrected chi connectivity index (χ2v) is 5.84. The van der Waals surface area contributed by atoms with Crippen molar-refractivity contribution in [1.82, 2.24) is 15.2 Å². The summed E-state index contributed by atoms with van der Waals surface area (Å²) >= 11 is 0. The molecule has 120 valence electrons. The number of aromatic nitrogens is 3. The quantitative estimate of drug-likeness (QED) is 0.887. The van der Waals surface area contributed by atoms with Crippen molar-refractivity contribution >= 4 is 17.5 Å². The molecule has 6 nitrogen and oxygen atoms in total. The van der Waals surface area contributed by atoms with E-state index in [1.165, 1.54) is 6.42 Å². The molecule has 0 atom stereocenters. The van der Waals surface area contributed by atoms with Gasteiger partial charge in [0.1, 0.15) is 5.82 Å². The highest BCUT2D eigenvalue weighted by Gasteiger charge is 2.21. The fourth-order valence-electron chi connectivity index (χ4n) is 2.78. The number of anilines is 2. The molecular weight excluding hydrogens is 290 g/mol. The lowest BCUT2D eigenvalue weighted by atomic mass is 9.89. The summed E-state index contributed by atoms with van der Waals surface area (Å²) in [7, 11) is 0. The van der Waals surface area contributed by atoms with Gasteiger partial charge in [-0.2, -0.15) is 0 Å². The van der Waals surface area contributed by atoms with Crippen LogP contribution in [0.25, 0.3) is 0 Å². The first-order chi connectivity index (χ1) is 11.3. The maximum Gasteiger partial charge on any atom is 0.228 e. The lowest BCUT2D eigenvalue weighted by molar-refractivity contribution is -0.120. The summed E-state index contributed by atoms with van der Waals surface area (Å²) in [6.07, 6.45) is 9.02. The van der Waals surface area contributed by atoms with Crippen molar-refractivity contribution in [2.24, 2.45) is 5.92 Å². The van der Waals surface area contributed by atoms with Crippen molar-refractivity contribution in [2.45, 2.75) is 38.6 Å². The monoisotopic (exact) mass is 311 g/mol. The lowest BCUT2D eigenvalue weighted by Gasteiger charge is -2.20. The Balaban J connectivity index is 1.51. The number of nitrogens with one attached hydrogen (secondary N) is 2. The van der Waals surface area contributed by atoms with Crippen LogP contribution in [0.15, 0.2) is 36.7 Å². The highest BCUT2D eigenvalue weighted by molar-refractivity contribution is 5.91. The molecule has 1 aliphatic carbocycles. The van der Waals surface area contributed by atoms with Gasteiger partial charge < -0.3 is 10.6 Å². The number of hydrogen-bond acceptors (Lipinski definition) is 5. The average molecular weight is 311 g/mol. The minimum Gasteiger partial charge on any atom is -0.364 e. The van der Waals surface area contributed by atoms with Gasteiger partial charge in [-0.3, -0.25) is 9.78 Å². The van der Waals surface area contributed by atoms with Crippen LogP contribution in [0.5, 0.6) is 0 Å². The molecular formula is C17H21N5O. The van der Waals surface area contributed by atoms with E-state index in [2.05, 4.69) is 25.8 Å². The van der Waals surface area contributed by atoms with Crippen LogP contribution in [0.2, 0.25) is 0 Å². The first-order valence-corrected chi connectivity index (χ1v) is 8.08. The topological polar surface area (TPSA) is 79.8 Å². The van der Waals surface area contributed by atoms with Crippen LogP contribution < -0.4 is 10.6 Å². The van der Waals surface area contributed by atoms with E-state index in [0.29, 0.717) is 18.2 Å². The molecule has 1 saturated carbocycles. The molecule has 23 heavy (non-hydrogen) atoms. The first-order valence-electron chi connectivity index (χ1n) is 8.08. The Morgan fingerprint density at radius 2 is 1.87 bits per heavy atom. The molecule has 0 unspecified atom stereocenters. The third kappa shape index (κ3) is 4.48. The fraction of sp³-hybridized carbons (Fsp3) is 0.412. The molecule has 0 spiro atoms. The number of hydrogen-bond donors (Lipinski definition) is 2. The molecule has 2 heterocycles. The van der Waals surface area contributed by atoms with E-state index in [1.54, 1.807) is 18.5 Å². The number of pyridine rings is 1. The molecule has 0 saturated heterocycles. The normalized spacial score (nSPS) is 15.1. The van der Waals surface area contributed by atoms with E-state index in [9.17, 15) is 4.79 Å². The summed E-state index contributed by atoms with van der Waals surface area (Å²) < 4.78 is 0. The van der Waals surface area contributed by atoms with E-state index in [-0.39, 0.29) is 11.8 Å². The van der Waals surface area contributed by atoms with Gasteiger partial charge in [0.2, 0.25) is 5.91 Å². The van der Waals surface area contributed by atoms with Crippen molar-refractivity contribution in [2.75, 3.05) is 10.6 Å². The molecule has 3 rings (SSSR count). The summed E-state index contributed by atoms with van der Waals surface area (Å²) in [5, 5.41) is 14.2. The summed E-state index contributed by atoms with van der Waals surface area (Å²) in [5.74, 6) is 1.36. The van der Waals surface area contributed by atoms with Crippen molar-refractivity contribution in [3.8, 4) is 0 Å². The number of nitrogens with zero attached hydrogens (tertiary/aromatic N) is 3. The van der Waals surface area contributed by atoms with Crippen LogP contribution in [-0.4, -0.2) is 21.1 Å². The van der Waals surface area contributed by atoms with Crippen LogP contribution >= 0.6 is 0 Å². The van der Waals surface area contributed by atoms with Gasteiger partial charge in [-0.1, -0.05) is 25.3 Å². The largest absolute Gasteiger partial charge is 0.364 e. The molecule has 0 aliphatic heterocycles. The lowest BCUT2D eigenvalue weighted by Crippen LogP contribution is -2.25. The Morgan fingerprint density at radius 1 is 1.09 bits per heavy atom. The second-order valence-electron chi connectivity index (χ2n) is 5.84. The Kier molecular flexibility index (Phi) is 5.13. The highest BCUT2D eigenvalue weighted by Crippen LogP contribution is 2.24. The maximum atomic E-state index is 12.2. The molecule has 2 aromatic heterocycles. The third-order valence-electron chi connectivity index (χ3n) is 4.09. The minimum absolute atomic E-state index is 0.0649. The second kappa shape index (κ2) is 7.67. The average Bonchev–Trinajstić information content (AvgIpc) is 2.63. The maximum absolute atomic E-state index is 12.2. The van der Waals surface area contributed by atoms with Gasteiger partial charge in [-0.05, 0) is 36.6 Å². The van der Waals surface area contributed by atoms with Gasteiger partial charge in [0.15, 0.2) is 5.82 Å². The van der Waals surface area contributed by atoms with Crippen LogP contribution in [-0.2, 0) is 11.3 Å². The predicted molar refractivity (Wildman–Crippen MR) is 88.8 cm³/mol.